The highest BCUT2D eigenvalue weighted by molar-refractivity contribution is 7.91. The highest BCUT2D eigenvalue weighted by Crippen LogP contribution is 2.30. The number of benzene rings is 3. The molecular formula is C32H41N3O5S. The fourth-order valence-electron chi connectivity index (χ4n) is 4.68. The predicted molar refractivity (Wildman–Crippen MR) is 164 cm³/mol. The van der Waals surface area contributed by atoms with Gasteiger partial charge in [-0.15, -0.1) is 0 Å². The number of hydrogen-bond donors (Lipinski definition) is 1. The fraction of sp³-hybridized carbons (Fsp3) is 0.406. The van der Waals surface area contributed by atoms with Crippen molar-refractivity contribution in [3.05, 3.63) is 77.9 Å². The molecule has 1 N–H and O–H groups in total. The van der Waals surface area contributed by atoms with Gasteiger partial charge in [0.05, 0.1) is 18.0 Å². The maximum absolute atomic E-state index is 12.5. The number of hydrogen-bond acceptors (Lipinski definition) is 7. The molecule has 9 heteroatoms. The second-order valence-corrected chi connectivity index (χ2v) is 13.6. The number of rotatable bonds is 10. The lowest BCUT2D eigenvalue weighted by Crippen LogP contribution is -2.46. The molecule has 0 spiro atoms. The minimum Gasteiger partial charge on any atom is -0.494 e. The number of anilines is 1. The standard InChI is InChI=1S/C32H41N3O5S/c1-6-39-29-10-8-9-26(21-29)27-19-24(20-30(22-27)40-7-2)23-34-15-17-35(18-16-34)28-13-11-25(12-14-28)31(36)33-41(37,38)32(3,4)5/h8-14,19-22H,6-7,15-18,23H2,1-5H3,(H,33,36). The van der Waals surface area contributed by atoms with Crippen molar-refractivity contribution in [1.29, 1.82) is 0 Å². The van der Waals surface area contributed by atoms with Crippen LogP contribution in [0.1, 0.15) is 50.5 Å². The number of sulfonamides is 1. The van der Waals surface area contributed by atoms with Gasteiger partial charge in [0, 0.05) is 44.0 Å². The Morgan fingerprint density at radius 3 is 2.10 bits per heavy atom. The summed E-state index contributed by atoms with van der Waals surface area (Å²) in [6, 6.07) is 21.7. The topological polar surface area (TPSA) is 88.2 Å². The molecule has 3 aromatic rings. The first-order valence-corrected chi connectivity index (χ1v) is 15.6. The minimum absolute atomic E-state index is 0.317. The molecular weight excluding hydrogens is 538 g/mol. The van der Waals surface area contributed by atoms with Crippen molar-refractivity contribution in [3.63, 3.8) is 0 Å². The molecule has 0 saturated carbocycles. The van der Waals surface area contributed by atoms with Crippen molar-refractivity contribution in [2.24, 2.45) is 0 Å². The summed E-state index contributed by atoms with van der Waals surface area (Å²) in [6.45, 7) is 14.2. The monoisotopic (exact) mass is 579 g/mol. The predicted octanol–water partition coefficient (Wildman–Crippen LogP) is 5.33. The van der Waals surface area contributed by atoms with Crippen LogP contribution in [0.5, 0.6) is 11.5 Å². The van der Waals surface area contributed by atoms with Crippen molar-refractivity contribution in [1.82, 2.24) is 9.62 Å². The first-order chi connectivity index (χ1) is 19.5. The highest BCUT2D eigenvalue weighted by Gasteiger charge is 2.31. The maximum atomic E-state index is 12.5. The van der Waals surface area contributed by atoms with E-state index in [1.54, 1.807) is 32.9 Å². The minimum atomic E-state index is -3.77. The summed E-state index contributed by atoms with van der Waals surface area (Å²) < 4.78 is 37.4. The van der Waals surface area contributed by atoms with Crippen LogP contribution in [0.25, 0.3) is 11.1 Å². The van der Waals surface area contributed by atoms with Gasteiger partial charge in [0.15, 0.2) is 0 Å². The number of carbonyl (C=O) groups is 1. The zero-order chi connectivity index (χ0) is 29.6. The summed E-state index contributed by atoms with van der Waals surface area (Å²) in [5, 5.41) is 0. The Bertz CT molecular complexity index is 1440. The van der Waals surface area contributed by atoms with Crippen LogP contribution in [0.4, 0.5) is 5.69 Å². The summed E-state index contributed by atoms with van der Waals surface area (Å²) in [6.07, 6.45) is 0. The van der Waals surface area contributed by atoms with Gasteiger partial charge in [-0.3, -0.25) is 9.69 Å². The molecule has 1 saturated heterocycles. The van der Waals surface area contributed by atoms with Gasteiger partial charge in [0.1, 0.15) is 11.5 Å². The van der Waals surface area contributed by atoms with E-state index in [4.69, 9.17) is 9.47 Å². The van der Waals surface area contributed by atoms with Gasteiger partial charge >= 0.3 is 0 Å². The zero-order valence-corrected chi connectivity index (χ0v) is 25.5. The van der Waals surface area contributed by atoms with Gasteiger partial charge in [-0.05, 0) is 106 Å². The SMILES string of the molecule is CCOc1cccc(-c2cc(CN3CCN(c4ccc(C(=O)NS(=O)(=O)C(C)(C)C)cc4)CC3)cc(OCC)c2)c1. The lowest BCUT2D eigenvalue weighted by Gasteiger charge is -2.36. The van der Waals surface area contributed by atoms with Crippen LogP contribution in [0, 0.1) is 0 Å². The van der Waals surface area contributed by atoms with E-state index in [0.29, 0.717) is 18.8 Å². The molecule has 4 rings (SSSR count). The summed E-state index contributed by atoms with van der Waals surface area (Å²) >= 11 is 0. The number of ether oxygens (including phenoxy) is 2. The van der Waals surface area contributed by atoms with E-state index in [9.17, 15) is 13.2 Å². The number of nitrogens with zero attached hydrogens (tertiary/aromatic N) is 2. The van der Waals surface area contributed by atoms with Crippen LogP contribution in [0.3, 0.4) is 0 Å². The fourth-order valence-corrected chi connectivity index (χ4v) is 5.35. The van der Waals surface area contributed by atoms with E-state index in [1.807, 2.05) is 38.1 Å². The van der Waals surface area contributed by atoms with E-state index in [0.717, 1.165) is 61.0 Å². The quantitative estimate of drug-likeness (QED) is 0.347. The molecule has 3 aromatic carbocycles. The Kier molecular flexibility index (Phi) is 9.60. The average Bonchev–Trinajstić information content (AvgIpc) is 2.93. The molecule has 0 aromatic heterocycles. The van der Waals surface area contributed by atoms with E-state index >= 15 is 0 Å². The zero-order valence-electron chi connectivity index (χ0n) is 24.6. The third kappa shape index (κ3) is 7.80. The molecule has 1 heterocycles. The molecule has 0 aliphatic carbocycles. The van der Waals surface area contributed by atoms with E-state index in [-0.39, 0.29) is 0 Å². The second kappa shape index (κ2) is 13.0. The molecule has 0 radical (unpaired) electrons. The molecule has 1 aliphatic rings. The summed E-state index contributed by atoms with van der Waals surface area (Å²) in [5.74, 6) is 1.10. The van der Waals surface area contributed by atoms with Crippen LogP contribution in [0.2, 0.25) is 0 Å². The Labute approximate surface area is 244 Å². The number of amides is 1. The first kappa shape index (κ1) is 30.4. The normalized spacial score (nSPS) is 14.5. The van der Waals surface area contributed by atoms with Crippen molar-refractivity contribution >= 4 is 21.6 Å². The molecule has 41 heavy (non-hydrogen) atoms. The Balaban J connectivity index is 1.39. The van der Waals surface area contributed by atoms with Gasteiger partial charge < -0.3 is 14.4 Å². The summed E-state index contributed by atoms with van der Waals surface area (Å²) in [5.41, 5.74) is 4.72. The molecule has 1 fully saturated rings. The summed E-state index contributed by atoms with van der Waals surface area (Å²) in [7, 11) is -3.77. The summed E-state index contributed by atoms with van der Waals surface area (Å²) in [4.78, 5) is 17.2. The van der Waals surface area contributed by atoms with Gasteiger partial charge in [-0.1, -0.05) is 12.1 Å². The molecule has 1 amide bonds. The lowest BCUT2D eigenvalue weighted by atomic mass is 10.0. The van der Waals surface area contributed by atoms with Gasteiger partial charge in [0.25, 0.3) is 5.91 Å². The third-order valence-electron chi connectivity index (χ3n) is 7.06. The van der Waals surface area contributed by atoms with E-state index in [2.05, 4.69) is 44.9 Å². The van der Waals surface area contributed by atoms with Crippen LogP contribution < -0.4 is 19.1 Å². The van der Waals surface area contributed by atoms with Gasteiger partial charge in [-0.25, -0.2) is 13.1 Å². The van der Waals surface area contributed by atoms with Crippen molar-refractivity contribution in [3.8, 4) is 22.6 Å². The smallest absolute Gasteiger partial charge is 0.264 e. The molecule has 1 aliphatic heterocycles. The third-order valence-corrected chi connectivity index (χ3v) is 9.13. The molecule has 8 nitrogen and oxygen atoms in total. The van der Waals surface area contributed by atoms with Gasteiger partial charge in [0.2, 0.25) is 10.0 Å². The second-order valence-electron chi connectivity index (χ2n) is 11.1. The maximum Gasteiger partial charge on any atom is 0.264 e. The Hall–Kier alpha value is -3.56. The number of nitrogens with one attached hydrogen (secondary N) is 1. The van der Waals surface area contributed by atoms with Crippen LogP contribution >= 0.6 is 0 Å². The molecule has 0 atom stereocenters. The Morgan fingerprint density at radius 2 is 1.46 bits per heavy atom. The molecule has 0 bridgehead atoms. The van der Waals surface area contributed by atoms with Crippen LogP contribution in [0.15, 0.2) is 66.7 Å². The van der Waals surface area contributed by atoms with Crippen molar-refractivity contribution in [2.45, 2.75) is 45.9 Å². The average molecular weight is 580 g/mol. The van der Waals surface area contributed by atoms with Crippen LogP contribution in [-0.4, -0.2) is 63.4 Å². The van der Waals surface area contributed by atoms with Crippen LogP contribution in [-0.2, 0) is 16.6 Å². The largest absolute Gasteiger partial charge is 0.494 e. The Morgan fingerprint density at radius 1 is 0.829 bits per heavy atom. The highest BCUT2D eigenvalue weighted by atomic mass is 32.2. The number of carbonyl (C=O) groups excluding carboxylic acids is 1. The van der Waals surface area contributed by atoms with E-state index < -0.39 is 20.7 Å². The number of piperazine rings is 1. The van der Waals surface area contributed by atoms with Crippen molar-refractivity contribution in [2.75, 3.05) is 44.3 Å². The molecule has 0 unspecified atom stereocenters. The first-order valence-electron chi connectivity index (χ1n) is 14.1. The lowest BCUT2D eigenvalue weighted by molar-refractivity contribution is 0.0980. The van der Waals surface area contributed by atoms with Crippen molar-refractivity contribution < 1.29 is 22.7 Å². The molecule has 220 valence electrons. The van der Waals surface area contributed by atoms with Gasteiger partial charge in [-0.2, -0.15) is 0 Å². The van der Waals surface area contributed by atoms with E-state index in [1.165, 1.54) is 5.56 Å².